The van der Waals surface area contributed by atoms with Crippen LogP contribution in [0.1, 0.15) is 29.8 Å². The van der Waals surface area contributed by atoms with Crippen molar-refractivity contribution in [3.8, 4) is 0 Å². The molecule has 20 heavy (non-hydrogen) atoms. The van der Waals surface area contributed by atoms with Gasteiger partial charge in [-0.3, -0.25) is 4.79 Å². The molecule has 1 aromatic carbocycles. The minimum atomic E-state index is -0.585. The van der Waals surface area contributed by atoms with E-state index in [0.29, 0.717) is 18.7 Å². The molecule has 6 heteroatoms. The average molecular weight is 279 g/mol. The second kappa shape index (κ2) is 6.91. The molecule has 6 nitrogen and oxygen atoms in total. The van der Waals surface area contributed by atoms with E-state index in [0.717, 1.165) is 5.56 Å². The molecule has 0 bridgehead atoms. The topological polar surface area (TPSA) is 104 Å². The summed E-state index contributed by atoms with van der Waals surface area (Å²) in [5, 5.41) is 14.4. The summed E-state index contributed by atoms with van der Waals surface area (Å²) in [7, 11) is 0. The highest BCUT2D eigenvalue weighted by atomic mass is 16.3. The van der Waals surface area contributed by atoms with Crippen molar-refractivity contribution < 1.29 is 14.7 Å². The number of amides is 3. The van der Waals surface area contributed by atoms with Gasteiger partial charge in [0.25, 0.3) is 5.91 Å². The zero-order valence-electron chi connectivity index (χ0n) is 11.8. The van der Waals surface area contributed by atoms with Crippen LogP contribution in [0, 0.1) is 5.41 Å². The van der Waals surface area contributed by atoms with Crippen molar-refractivity contribution in [1.82, 2.24) is 10.6 Å². The number of urea groups is 1. The lowest BCUT2D eigenvalue weighted by atomic mass is 9.95. The largest absolute Gasteiger partial charge is 0.396 e. The minimum Gasteiger partial charge on any atom is -0.396 e. The van der Waals surface area contributed by atoms with E-state index in [1.54, 1.807) is 24.3 Å². The smallest absolute Gasteiger partial charge is 0.312 e. The maximum absolute atomic E-state index is 11.9. The molecular formula is C14H21N3O3. The third-order valence-corrected chi connectivity index (χ3v) is 2.84. The Morgan fingerprint density at radius 1 is 1.20 bits per heavy atom. The van der Waals surface area contributed by atoms with Crippen LogP contribution in [0.5, 0.6) is 0 Å². The van der Waals surface area contributed by atoms with Crippen molar-refractivity contribution in [1.29, 1.82) is 0 Å². The molecular weight excluding hydrogens is 258 g/mol. The monoisotopic (exact) mass is 279 g/mol. The number of carbonyl (C=O) groups excluding carboxylic acids is 2. The molecule has 1 rings (SSSR count). The second-order valence-corrected chi connectivity index (χ2v) is 5.42. The summed E-state index contributed by atoms with van der Waals surface area (Å²) < 4.78 is 0. The van der Waals surface area contributed by atoms with Crippen LogP contribution < -0.4 is 16.4 Å². The molecule has 0 aliphatic heterocycles. The number of hydrogen-bond acceptors (Lipinski definition) is 3. The minimum absolute atomic E-state index is 0.00496. The van der Waals surface area contributed by atoms with Gasteiger partial charge in [0.05, 0.1) is 0 Å². The number of nitrogens with two attached hydrogens (primary N) is 1. The SMILES string of the molecule is CC(C)(CO)CNC(=O)c1ccc(CNC(N)=O)cc1. The van der Waals surface area contributed by atoms with E-state index < -0.39 is 6.03 Å². The highest BCUT2D eigenvalue weighted by molar-refractivity contribution is 5.94. The third kappa shape index (κ3) is 5.27. The summed E-state index contributed by atoms with van der Waals surface area (Å²) in [5.74, 6) is -0.194. The highest BCUT2D eigenvalue weighted by Gasteiger charge is 2.17. The quantitative estimate of drug-likeness (QED) is 0.613. The number of aliphatic hydroxyl groups excluding tert-OH is 1. The van der Waals surface area contributed by atoms with Crippen LogP contribution in [-0.2, 0) is 6.54 Å². The highest BCUT2D eigenvalue weighted by Crippen LogP contribution is 2.12. The number of nitrogens with one attached hydrogen (secondary N) is 2. The summed E-state index contributed by atoms with van der Waals surface area (Å²) in [4.78, 5) is 22.5. The molecule has 0 saturated carbocycles. The van der Waals surface area contributed by atoms with Crippen LogP contribution in [0.15, 0.2) is 24.3 Å². The molecule has 0 unspecified atom stereocenters. The van der Waals surface area contributed by atoms with E-state index >= 15 is 0 Å². The second-order valence-electron chi connectivity index (χ2n) is 5.42. The normalized spacial score (nSPS) is 10.9. The Morgan fingerprint density at radius 3 is 2.30 bits per heavy atom. The van der Waals surface area contributed by atoms with Gasteiger partial charge < -0.3 is 21.5 Å². The first-order valence-corrected chi connectivity index (χ1v) is 6.35. The number of aliphatic hydroxyl groups is 1. The van der Waals surface area contributed by atoms with Gasteiger partial charge in [0.2, 0.25) is 0 Å². The zero-order valence-corrected chi connectivity index (χ0v) is 11.8. The molecule has 3 amide bonds. The van der Waals surface area contributed by atoms with Crippen LogP contribution in [0.25, 0.3) is 0 Å². The molecule has 0 heterocycles. The summed E-state index contributed by atoms with van der Waals surface area (Å²) >= 11 is 0. The van der Waals surface area contributed by atoms with Crippen molar-refractivity contribution in [2.75, 3.05) is 13.2 Å². The van der Waals surface area contributed by atoms with E-state index in [1.807, 2.05) is 13.8 Å². The van der Waals surface area contributed by atoms with E-state index in [-0.39, 0.29) is 17.9 Å². The first-order valence-electron chi connectivity index (χ1n) is 6.35. The van der Waals surface area contributed by atoms with Gasteiger partial charge >= 0.3 is 6.03 Å². The zero-order chi connectivity index (χ0) is 15.2. The summed E-state index contributed by atoms with van der Waals surface area (Å²) in [6.07, 6.45) is 0. The van der Waals surface area contributed by atoms with Crippen molar-refractivity contribution in [2.45, 2.75) is 20.4 Å². The maximum Gasteiger partial charge on any atom is 0.312 e. The molecule has 0 aliphatic rings. The fourth-order valence-electron chi connectivity index (χ4n) is 1.44. The van der Waals surface area contributed by atoms with E-state index in [1.165, 1.54) is 0 Å². The Balaban J connectivity index is 2.55. The van der Waals surface area contributed by atoms with Gasteiger partial charge in [0.1, 0.15) is 0 Å². The molecule has 0 aromatic heterocycles. The molecule has 0 aliphatic carbocycles. The molecule has 0 saturated heterocycles. The van der Waals surface area contributed by atoms with Gasteiger partial charge in [-0.05, 0) is 17.7 Å². The number of carbonyl (C=O) groups is 2. The van der Waals surface area contributed by atoms with E-state index in [9.17, 15) is 9.59 Å². The summed E-state index contributed by atoms with van der Waals surface area (Å²) in [6, 6.07) is 6.28. The van der Waals surface area contributed by atoms with Crippen LogP contribution in [0.3, 0.4) is 0 Å². The van der Waals surface area contributed by atoms with Crippen LogP contribution >= 0.6 is 0 Å². The van der Waals surface area contributed by atoms with E-state index in [4.69, 9.17) is 10.8 Å². The van der Waals surface area contributed by atoms with E-state index in [2.05, 4.69) is 10.6 Å². The lowest BCUT2D eigenvalue weighted by Gasteiger charge is -2.21. The van der Waals surface area contributed by atoms with Crippen LogP contribution in [-0.4, -0.2) is 30.2 Å². The predicted octanol–water partition coefficient (Wildman–Crippen LogP) is 0.603. The first kappa shape index (κ1) is 16.0. The fourth-order valence-corrected chi connectivity index (χ4v) is 1.44. The molecule has 0 radical (unpaired) electrons. The van der Waals surface area contributed by atoms with Gasteiger partial charge in [-0.2, -0.15) is 0 Å². The standard InChI is InChI=1S/C14H21N3O3/c1-14(2,9-18)8-17-12(19)11-5-3-10(4-6-11)7-16-13(15)20/h3-6,18H,7-9H2,1-2H3,(H,17,19)(H3,15,16,20). The lowest BCUT2D eigenvalue weighted by Crippen LogP contribution is -2.36. The lowest BCUT2D eigenvalue weighted by molar-refractivity contribution is 0.0911. The molecule has 0 atom stereocenters. The number of rotatable bonds is 6. The Hall–Kier alpha value is -2.08. The van der Waals surface area contributed by atoms with Crippen molar-refractivity contribution in [3.05, 3.63) is 35.4 Å². The van der Waals surface area contributed by atoms with Gasteiger partial charge in [-0.1, -0.05) is 26.0 Å². The van der Waals surface area contributed by atoms with Crippen LogP contribution in [0.2, 0.25) is 0 Å². The summed E-state index contributed by atoms with van der Waals surface area (Å²) in [6.45, 7) is 4.46. The van der Waals surface area contributed by atoms with Gasteiger partial charge in [-0.15, -0.1) is 0 Å². The molecule has 5 N–H and O–H groups in total. The molecule has 1 aromatic rings. The molecule has 0 fully saturated rings. The Kier molecular flexibility index (Phi) is 5.52. The molecule has 110 valence electrons. The number of hydrogen-bond donors (Lipinski definition) is 4. The Labute approximate surface area is 118 Å². The first-order chi connectivity index (χ1) is 9.34. The van der Waals surface area contributed by atoms with Crippen molar-refractivity contribution in [3.63, 3.8) is 0 Å². The molecule has 0 spiro atoms. The van der Waals surface area contributed by atoms with Gasteiger partial charge in [-0.25, -0.2) is 4.79 Å². The maximum atomic E-state index is 11.9. The number of benzene rings is 1. The van der Waals surface area contributed by atoms with Crippen LogP contribution in [0.4, 0.5) is 4.79 Å². The third-order valence-electron chi connectivity index (χ3n) is 2.84. The summed E-state index contributed by atoms with van der Waals surface area (Å²) in [5.41, 5.74) is 6.02. The van der Waals surface area contributed by atoms with Crippen molar-refractivity contribution in [2.24, 2.45) is 11.1 Å². The fraction of sp³-hybridized carbons (Fsp3) is 0.429. The Bertz CT molecular complexity index is 469. The van der Waals surface area contributed by atoms with Gasteiger partial charge in [0, 0.05) is 30.7 Å². The average Bonchev–Trinajstić information content (AvgIpc) is 2.43. The predicted molar refractivity (Wildman–Crippen MR) is 76.1 cm³/mol. The van der Waals surface area contributed by atoms with Gasteiger partial charge in [0.15, 0.2) is 0 Å². The Morgan fingerprint density at radius 2 is 1.80 bits per heavy atom. The number of primary amides is 1. The van der Waals surface area contributed by atoms with Crippen molar-refractivity contribution >= 4 is 11.9 Å².